The minimum atomic E-state index is -3.07. The largest absolute Gasteiger partial charge is 0.311 e. The molecule has 1 unspecified atom stereocenters. The number of aromatic nitrogens is 2. The quantitative estimate of drug-likeness (QED) is 0.720. The van der Waals surface area contributed by atoms with Gasteiger partial charge in [0.2, 0.25) is 5.91 Å². The fourth-order valence-corrected chi connectivity index (χ4v) is 5.14. The van der Waals surface area contributed by atoms with E-state index in [1.807, 2.05) is 66.7 Å². The summed E-state index contributed by atoms with van der Waals surface area (Å²) in [5.41, 5.74) is 2.54. The second-order valence-electron chi connectivity index (χ2n) is 6.99. The van der Waals surface area contributed by atoms with E-state index in [9.17, 15) is 13.2 Å². The number of hydrogen-bond acceptors (Lipinski definition) is 4. The molecule has 6 nitrogen and oxygen atoms in total. The Hall–Kier alpha value is -2.93. The van der Waals surface area contributed by atoms with Crippen molar-refractivity contribution >= 4 is 21.6 Å². The van der Waals surface area contributed by atoms with Crippen LogP contribution < -0.4 is 5.32 Å². The van der Waals surface area contributed by atoms with E-state index in [0.717, 1.165) is 11.1 Å². The van der Waals surface area contributed by atoms with Gasteiger partial charge in [-0.3, -0.25) is 4.79 Å². The minimum Gasteiger partial charge on any atom is -0.311 e. The van der Waals surface area contributed by atoms with Gasteiger partial charge in [0.05, 0.1) is 29.7 Å². The van der Waals surface area contributed by atoms with Gasteiger partial charge in [-0.2, -0.15) is 5.10 Å². The maximum atomic E-state index is 12.6. The molecule has 28 heavy (non-hydrogen) atoms. The molecule has 7 heteroatoms. The Morgan fingerprint density at radius 1 is 1.07 bits per heavy atom. The lowest BCUT2D eigenvalue weighted by molar-refractivity contribution is -0.115. The van der Waals surface area contributed by atoms with Gasteiger partial charge >= 0.3 is 0 Å². The van der Waals surface area contributed by atoms with Crippen LogP contribution in [0.3, 0.4) is 0 Å². The summed E-state index contributed by atoms with van der Waals surface area (Å²) < 4.78 is 25.5. The molecule has 0 bridgehead atoms. The summed E-state index contributed by atoms with van der Waals surface area (Å²) in [6.45, 7) is 0. The van der Waals surface area contributed by atoms with Gasteiger partial charge < -0.3 is 5.32 Å². The molecule has 0 aliphatic carbocycles. The Morgan fingerprint density at radius 2 is 1.75 bits per heavy atom. The third kappa shape index (κ3) is 4.14. The lowest BCUT2D eigenvalue weighted by Crippen LogP contribution is -2.20. The van der Waals surface area contributed by atoms with Gasteiger partial charge in [-0.1, -0.05) is 60.7 Å². The van der Waals surface area contributed by atoms with Crippen LogP contribution in [-0.4, -0.2) is 35.6 Å². The lowest BCUT2D eigenvalue weighted by Gasteiger charge is -2.13. The maximum Gasteiger partial charge on any atom is 0.229 e. The van der Waals surface area contributed by atoms with Crippen molar-refractivity contribution in [3.63, 3.8) is 0 Å². The third-order valence-corrected chi connectivity index (χ3v) is 6.58. The number of rotatable bonds is 5. The van der Waals surface area contributed by atoms with Crippen LogP contribution in [0.15, 0.2) is 66.7 Å². The van der Waals surface area contributed by atoms with Crippen LogP contribution in [0.2, 0.25) is 0 Å². The molecule has 144 valence electrons. The van der Waals surface area contributed by atoms with E-state index in [1.165, 1.54) is 0 Å². The number of carbonyl (C=O) groups excluding carboxylic acids is 1. The van der Waals surface area contributed by atoms with E-state index in [-0.39, 0.29) is 29.9 Å². The Kier molecular flexibility index (Phi) is 5.00. The predicted molar refractivity (Wildman–Crippen MR) is 109 cm³/mol. The van der Waals surface area contributed by atoms with E-state index < -0.39 is 9.84 Å². The van der Waals surface area contributed by atoms with E-state index in [0.29, 0.717) is 17.9 Å². The molecule has 4 rings (SSSR count). The first-order chi connectivity index (χ1) is 13.5. The fourth-order valence-electron chi connectivity index (χ4n) is 3.45. The van der Waals surface area contributed by atoms with Gasteiger partial charge in [-0.05, 0) is 12.0 Å². The number of amides is 1. The molecule has 3 aromatic rings. The smallest absolute Gasteiger partial charge is 0.229 e. The normalized spacial score (nSPS) is 18.1. The van der Waals surface area contributed by atoms with Crippen molar-refractivity contribution in [1.29, 1.82) is 0 Å². The van der Waals surface area contributed by atoms with E-state index in [2.05, 4.69) is 10.4 Å². The highest BCUT2D eigenvalue weighted by Gasteiger charge is 2.31. The second-order valence-corrected chi connectivity index (χ2v) is 9.22. The minimum absolute atomic E-state index is 0.0461. The summed E-state index contributed by atoms with van der Waals surface area (Å²) in [6.07, 6.45) is 0.745. The van der Waals surface area contributed by atoms with Crippen LogP contribution in [0, 0.1) is 0 Å². The highest BCUT2D eigenvalue weighted by molar-refractivity contribution is 7.91. The second kappa shape index (κ2) is 7.59. The molecule has 0 spiro atoms. The molecule has 1 N–H and O–H groups in total. The van der Waals surface area contributed by atoms with Gasteiger partial charge in [-0.25, -0.2) is 13.1 Å². The Labute approximate surface area is 164 Å². The number of hydrogen-bond donors (Lipinski definition) is 1. The van der Waals surface area contributed by atoms with Crippen molar-refractivity contribution in [3.05, 3.63) is 72.3 Å². The molecule has 1 saturated heterocycles. The molecule has 2 aromatic carbocycles. The zero-order chi connectivity index (χ0) is 19.6. The standard InChI is InChI=1S/C21H21N3O3S/c25-21(13-16-7-3-1-4-8-16)22-20-14-19(17-9-5-2-6-10-17)23-24(20)18-11-12-28(26,27)15-18/h1-10,14,18H,11-13,15H2,(H,22,25). The van der Waals surface area contributed by atoms with Crippen molar-refractivity contribution in [2.75, 3.05) is 16.8 Å². The summed E-state index contributed by atoms with van der Waals surface area (Å²) >= 11 is 0. The van der Waals surface area contributed by atoms with Crippen LogP contribution in [0.4, 0.5) is 5.82 Å². The summed E-state index contributed by atoms with van der Waals surface area (Å²) in [7, 11) is -3.07. The number of sulfone groups is 1. The summed E-state index contributed by atoms with van der Waals surface area (Å²) in [6, 6.07) is 20.7. The van der Waals surface area contributed by atoms with Crippen LogP contribution in [0.5, 0.6) is 0 Å². The van der Waals surface area contributed by atoms with Gasteiger partial charge in [0.25, 0.3) is 0 Å². The fraction of sp³-hybridized carbons (Fsp3) is 0.238. The molecular formula is C21H21N3O3S. The van der Waals surface area contributed by atoms with Crippen LogP contribution >= 0.6 is 0 Å². The topological polar surface area (TPSA) is 81.1 Å². The van der Waals surface area contributed by atoms with E-state index in [4.69, 9.17) is 0 Å². The van der Waals surface area contributed by atoms with Crippen LogP contribution in [-0.2, 0) is 21.1 Å². The molecule has 1 atom stereocenters. The third-order valence-electron chi connectivity index (χ3n) is 4.83. The molecule has 0 saturated carbocycles. The number of nitrogens with zero attached hydrogens (tertiary/aromatic N) is 2. The number of anilines is 1. The molecule has 1 aliphatic heterocycles. The average molecular weight is 395 g/mol. The Morgan fingerprint density at radius 3 is 2.39 bits per heavy atom. The number of nitrogens with one attached hydrogen (secondary N) is 1. The number of carbonyl (C=O) groups is 1. The van der Waals surface area contributed by atoms with Crippen LogP contribution in [0.1, 0.15) is 18.0 Å². The summed E-state index contributed by atoms with van der Waals surface area (Å²) in [5.74, 6) is 0.565. The molecular weight excluding hydrogens is 374 g/mol. The van der Waals surface area contributed by atoms with Gasteiger partial charge in [0, 0.05) is 11.6 Å². The molecule has 1 aliphatic rings. The van der Waals surface area contributed by atoms with Gasteiger partial charge in [0.1, 0.15) is 5.82 Å². The Bertz CT molecular complexity index is 1080. The molecule has 2 heterocycles. The monoisotopic (exact) mass is 395 g/mol. The van der Waals surface area contributed by atoms with Crippen molar-refractivity contribution in [3.8, 4) is 11.3 Å². The van der Waals surface area contributed by atoms with Crippen LogP contribution in [0.25, 0.3) is 11.3 Å². The lowest BCUT2D eigenvalue weighted by atomic mass is 10.1. The molecule has 1 aromatic heterocycles. The summed E-state index contributed by atoms with van der Waals surface area (Å²) in [4.78, 5) is 12.6. The molecule has 0 radical (unpaired) electrons. The zero-order valence-electron chi connectivity index (χ0n) is 15.3. The van der Waals surface area contributed by atoms with Crippen molar-refractivity contribution in [2.24, 2.45) is 0 Å². The van der Waals surface area contributed by atoms with Crippen molar-refractivity contribution in [2.45, 2.75) is 18.9 Å². The first kappa shape index (κ1) is 18.4. The SMILES string of the molecule is O=C(Cc1ccccc1)Nc1cc(-c2ccccc2)nn1C1CCS(=O)(=O)C1. The van der Waals surface area contributed by atoms with E-state index >= 15 is 0 Å². The zero-order valence-corrected chi connectivity index (χ0v) is 16.1. The summed E-state index contributed by atoms with van der Waals surface area (Å²) in [5, 5.41) is 7.55. The Balaban J connectivity index is 1.62. The highest BCUT2D eigenvalue weighted by atomic mass is 32.2. The van der Waals surface area contributed by atoms with Gasteiger partial charge in [0.15, 0.2) is 9.84 Å². The first-order valence-corrected chi connectivity index (χ1v) is 11.0. The van der Waals surface area contributed by atoms with Crippen molar-refractivity contribution in [1.82, 2.24) is 9.78 Å². The number of benzene rings is 2. The first-order valence-electron chi connectivity index (χ1n) is 9.19. The molecule has 1 amide bonds. The predicted octanol–water partition coefficient (Wildman–Crippen LogP) is 3.09. The van der Waals surface area contributed by atoms with Crippen molar-refractivity contribution < 1.29 is 13.2 Å². The highest BCUT2D eigenvalue weighted by Crippen LogP contribution is 2.30. The molecule has 1 fully saturated rings. The van der Waals surface area contributed by atoms with E-state index in [1.54, 1.807) is 4.68 Å². The van der Waals surface area contributed by atoms with Gasteiger partial charge in [-0.15, -0.1) is 0 Å². The maximum absolute atomic E-state index is 12.6. The average Bonchev–Trinajstić information content (AvgIpc) is 3.26.